The van der Waals surface area contributed by atoms with Crippen LogP contribution in [0, 0.1) is 0 Å². The number of thioether (sulfide) groups is 1. The quantitative estimate of drug-likeness (QED) is 0.490. The highest BCUT2D eigenvalue weighted by molar-refractivity contribution is 7.99. The van der Waals surface area contributed by atoms with Crippen molar-refractivity contribution in [3.05, 3.63) is 50.9 Å². The number of hydrogen-bond donors (Lipinski definition) is 2. The van der Waals surface area contributed by atoms with Gasteiger partial charge in [0.15, 0.2) is 5.16 Å². The number of nitrogens with one attached hydrogen (secondary N) is 2. The summed E-state index contributed by atoms with van der Waals surface area (Å²) in [7, 11) is 1.62. The third-order valence-electron chi connectivity index (χ3n) is 3.75. The second-order valence-electron chi connectivity index (χ2n) is 5.54. The van der Waals surface area contributed by atoms with E-state index >= 15 is 0 Å². The minimum absolute atomic E-state index is 0.173. The number of ether oxygens (including phenoxy) is 1. The smallest absolute Gasteiger partial charge is 0.343 e. The number of fused-ring (bicyclic) bond motifs is 1. The average molecular weight is 361 g/mol. The highest BCUT2D eigenvalue weighted by atomic mass is 32.2. The first-order valence-electron chi connectivity index (χ1n) is 7.90. The van der Waals surface area contributed by atoms with Gasteiger partial charge in [0.1, 0.15) is 5.82 Å². The van der Waals surface area contributed by atoms with Crippen molar-refractivity contribution in [2.75, 3.05) is 13.7 Å². The van der Waals surface area contributed by atoms with Gasteiger partial charge in [-0.25, -0.2) is 14.9 Å². The van der Waals surface area contributed by atoms with Crippen LogP contribution in [-0.4, -0.2) is 38.4 Å². The molecule has 0 amide bonds. The molecule has 0 saturated heterocycles. The molecule has 0 radical (unpaired) electrons. The minimum Gasteiger partial charge on any atom is -0.385 e. The van der Waals surface area contributed by atoms with Gasteiger partial charge < -0.3 is 9.72 Å². The molecular weight excluding hydrogens is 342 g/mol. The molecule has 2 aromatic heterocycles. The van der Waals surface area contributed by atoms with E-state index < -0.39 is 0 Å². The Hall–Kier alpha value is -2.39. The molecule has 132 valence electrons. The Balaban J connectivity index is 1.84. The summed E-state index contributed by atoms with van der Waals surface area (Å²) in [4.78, 5) is 31.4. The Labute approximate surface area is 147 Å². The van der Waals surface area contributed by atoms with Crippen LogP contribution in [0.1, 0.15) is 24.4 Å². The molecule has 0 fully saturated rings. The number of para-hydroxylation sites is 1. The summed E-state index contributed by atoms with van der Waals surface area (Å²) in [6.07, 6.45) is 0.711. The summed E-state index contributed by atoms with van der Waals surface area (Å²) in [5, 5.41) is 7.48. The summed E-state index contributed by atoms with van der Waals surface area (Å²) in [6.45, 7) is 2.99. The maximum atomic E-state index is 12.2. The number of hydrogen-bond acceptors (Lipinski definition) is 6. The molecule has 3 aromatic rings. The van der Waals surface area contributed by atoms with E-state index in [-0.39, 0.29) is 16.5 Å². The normalized spacial score (nSPS) is 12.6. The molecule has 1 aromatic carbocycles. The van der Waals surface area contributed by atoms with Crippen LogP contribution in [0.25, 0.3) is 10.9 Å². The Bertz CT molecular complexity index is 978. The van der Waals surface area contributed by atoms with Gasteiger partial charge in [-0.1, -0.05) is 23.9 Å². The zero-order chi connectivity index (χ0) is 17.8. The van der Waals surface area contributed by atoms with Crippen LogP contribution >= 0.6 is 11.8 Å². The molecule has 0 bridgehead atoms. The number of aromatic amines is 2. The van der Waals surface area contributed by atoms with Gasteiger partial charge in [-0.2, -0.15) is 0 Å². The summed E-state index contributed by atoms with van der Waals surface area (Å²) >= 11 is 1.37. The summed E-state index contributed by atoms with van der Waals surface area (Å²) in [6, 6.07) is 7.20. The number of H-pyrrole nitrogens is 2. The van der Waals surface area contributed by atoms with Crippen molar-refractivity contribution < 1.29 is 4.74 Å². The van der Waals surface area contributed by atoms with Crippen LogP contribution in [0.4, 0.5) is 0 Å². The van der Waals surface area contributed by atoms with Crippen LogP contribution in [-0.2, 0) is 11.3 Å². The van der Waals surface area contributed by atoms with Crippen LogP contribution in [0.5, 0.6) is 0 Å². The van der Waals surface area contributed by atoms with Gasteiger partial charge in [0.05, 0.1) is 16.2 Å². The molecule has 2 N–H and O–H groups in total. The summed E-state index contributed by atoms with van der Waals surface area (Å²) in [5.74, 6) is 0.549. The van der Waals surface area contributed by atoms with Gasteiger partial charge in [-0.3, -0.25) is 9.36 Å². The standard InChI is InChI=1S/C16H19N5O3S/c1-10(13-17-12-7-4-3-6-11(12)14(22)18-13)25-16-20-19-15(23)21(16)8-5-9-24-2/h3-4,6-7,10H,5,8-9H2,1-2H3,(H,19,23)(H,17,18,22). The first-order chi connectivity index (χ1) is 12.1. The number of benzene rings is 1. The Morgan fingerprint density at radius 1 is 1.32 bits per heavy atom. The second kappa shape index (κ2) is 7.66. The fourth-order valence-corrected chi connectivity index (χ4v) is 3.41. The van der Waals surface area contributed by atoms with Gasteiger partial charge >= 0.3 is 5.69 Å². The fraction of sp³-hybridized carbons (Fsp3) is 0.375. The lowest BCUT2D eigenvalue weighted by atomic mass is 10.2. The van der Waals surface area contributed by atoms with Crippen molar-refractivity contribution in [3.8, 4) is 0 Å². The van der Waals surface area contributed by atoms with E-state index in [0.717, 1.165) is 0 Å². The number of rotatable bonds is 7. The molecule has 3 rings (SSSR count). The predicted octanol–water partition coefficient (Wildman–Crippen LogP) is 1.70. The van der Waals surface area contributed by atoms with Crippen molar-refractivity contribution in [1.82, 2.24) is 24.7 Å². The number of aromatic nitrogens is 5. The van der Waals surface area contributed by atoms with Gasteiger partial charge in [-0.05, 0) is 25.5 Å². The zero-order valence-electron chi connectivity index (χ0n) is 14.0. The third-order valence-corrected chi connectivity index (χ3v) is 4.85. The van der Waals surface area contributed by atoms with Crippen LogP contribution < -0.4 is 11.2 Å². The monoisotopic (exact) mass is 361 g/mol. The fourth-order valence-electron chi connectivity index (χ4n) is 2.47. The van der Waals surface area contributed by atoms with Crippen molar-refractivity contribution >= 4 is 22.7 Å². The molecule has 0 aliphatic carbocycles. The Kier molecular flexibility index (Phi) is 5.34. The largest absolute Gasteiger partial charge is 0.385 e. The molecule has 2 heterocycles. The van der Waals surface area contributed by atoms with Crippen molar-refractivity contribution in [1.29, 1.82) is 0 Å². The number of nitrogens with zero attached hydrogens (tertiary/aromatic N) is 3. The lowest BCUT2D eigenvalue weighted by Crippen LogP contribution is -2.19. The molecule has 0 saturated carbocycles. The predicted molar refractivity (Wildman–Crippen MR) is 96.0 cm³/mol. The highest BCUT2D eigenvalue weighted by Gasteiger charge is 2.17. The Morgan fingerprint density at radius 3 is 2.92 bits per heavy atom. The first kappa shape index (κ1) is 17.4. The SMILES string of the molecule is COCCCn1c(SC(C)c2nc3ccccc3c(=O)[nH]2)n[nH]c1=O. The van der Waals surface area contributed by atoms with Crippen molar-refractivity contribution in [2.24, 2.45) is 0 Å². The van der Waals surface area contributed by atoms with E-state index in [4.69, 9.17) is 4.74 Å². The van der Waals surface area contributed by atoms with Gasteiger partial charge in [0, 0.05) is 20.3 Å². The van der Waals surface area contributed by atoms with E-state index in [1.54, 1.807) is 29.9 Å². The summed E-state index contributed by atoms with van der Waals surface area (Å²) < 4.78 is 6.59. The van der Waals surface area contributed by atoms with Crippen molar-refractivity contribution in [3.63, 3.8) is 0 Å². The molecule has 0 spiro atoms. The Morgan fingerprint density at radius 2 is 2.12 bits per heavy atom. The van der Waals surface area contributed by atoms with Gasteiger partial charge in [0.2, 0.25) is 0 Å². The topological polar surface area (TPSA) is 106 Å². The van der Waals surface area contributed by atoms with Gasteiger partial charge in [0.25, 0.3) is 5.56 Å². The lowest BCUT2D eigenvalue weighted by Gasteiger charge is -2.11. The molecule has 0 aliphatic heterocycles. The van der Waals surface area contributed by atoms with E-state index in [9.17, 15) is 9.59 Å². The maximum Gasteiger partial charge on any atom is 0.343 e. The van der Waals surface area contributed by atoms with E-state index in [1.165, 1.54) is 11.8 Å². The molecule has 0 aliphatic rings. The van der Waals surface area contributed by atoms with Gasteiger partial charge in [-0.15, -0.1) is 5.10 Å². The zero-order valence-corrected chi connectivity index (χ0v) is 14.8. The molecule has 1 atom stereocenters. The molecule has 25 heavy (non-hydrogen) atoms. The molecule has 1 unspecified atom stereocenters. The molecular formula is C16H19N5O3S. The van der Waals surface area contributed by atoms with E-state index in [2.05, 4.69) is 20.2 Å². The minimum atomic E-state index is -0.259. The molecule has 8 nitrogen and oxygen atoms in total. The van der Waals surface area contributed by atoms with E-state index in [0.29, 0.717) is 41.5 Å². The van der Waals surface area contributed by atoms with Crippen molar-refractivity contribution in [2.45, 2.75) is 30.3 Å². The first-order valence-corrected chi connectivity index (χ1v) is 8.78. The van der Waals surface area contributed by atoms with Crippen LogP contribution in [0.15, 0.2) is 39.0 Å². The summed E-state index contributed by atoms with van der Waals surface area (Å²) in [5.41, 5.74) is 0.214. The van der Waals surface area contributed by atoms with E-state index in [1.807, 2.05) is 13.0 Å². The highest BCUT2D eigenvalue weighted by Crippen LogP contribution is 2.31. The lowest BCUT2D eigenvalue weighted by molar-refractivity contribution is 0.189. The second-order valence-corrected chi connectivity index (χ2v) is 6.85. The average Bonchev–Trinajstić information content (AvgIpc) is 2.95. The number of methoxy groups -OCH3 is 1. The maximum absolute atomic E-state index is 12.2. The molecule has 9 heteroatoms. The van der Waals surface area contributed by atoms with Crippen LogP contribution in [0.3, 0.4) is 0 Å². The third kappa shape index (κ3) is 3.83. The van der Waals surface area contributed by atoms with Crippen LogP contribution in [0.2, 0.25) is 0 Å².